The van der Waals surface area contributed by atoms with Crippen LogP contribution in [0.15, 0.2) is 66.2 Å². The van der Waals surface area contributed by atoms with Crippen LogP contribution < -0.4 is 9.64 Å². The zero-order valence-electron chi connectivity index (χ0n) is 19.2. The molecule has 1 aliphatic rings. The van der Waals surface area contributed by atoms with Gasteiger partial charge in [-0.15, -0.1) is 0 Å². The van der Waals surface area contributed by atoms with E-state index in [0.717, 1.165) is 15.8 Å². The molecule has 176 valence electrons. The first-order chi connectivity index (χ1) is 16.8. The molecular weight excluding hydrogens is 467 g/mol. The molecule has 1 aromatic heterocycles. The van der Waals surface area contributed by atoms with Crippen molar-refractivity contribution in [1.29, 1.82) is 0 Å². The summed E-state index contributed by atoms with van der Waals surface area (Å²) in [6.45, 7) is 3.88. The molecule has 35 heavy (non-hydrogen) atoms. The number of anilines is 1. The molecule has 5 rings (SSSR count). The molecule has 0 bridgehead atoms. The normalized spacial score (nSPS) is 17.4. The minimum atomic E-state index is -1.19. The highest BCUT2D eigenvalue weighted by Gasteiger charge is 2.49. The van der Waals surface area contributed by atoms with E-state index in [9.17, 15) is 14.7 Å². The fraction of sp³-hybridized carbons (Fsp3) is 0.148. The molecule has 0 unspecified atom stereocenters. The number of aryl methyl sites for hydroxylation is 2. The fourth-order valence-electron chi connectivity index (χ4n) is 4.41. The topological polar surface area (TPSA) is 79.7 Å². The van der Waals surface area contributed by atoms with Crippen molar-refractivity contribution in [3.05, 3.63) is 94.3 Å². The van der Waals surface area contributed by atoms with Crippen LogP contribution in [0.4, 0.5) is 9.52 Å². The van der Waals surface area contributed by atoms with Gasteiger partial charge in [-0.3, -0.25) is 14.5 Å². The van der Waals surface area contributed by atoms with Gasteiger partial charge in [-0.05, 0) is 49.2 Å². The van der Waals surface area contributed by atoms with Crippen LogP contribution in [0.25, 0.3) is 16.0 Å². The third-order valence-electron chi connectivity index (χ3n) is 6.01. The molecule has 3 aromatic carbocycles. The monoisotopic (exact) mass is 488 g/mol. The summed E-state index contributed by atoms with van der Waals surface area (Å²) in [5, 5.41) is 11.5. The van der Waals surface area contributed by atoms with Gasteiger partial charge in [-0.25, -0.2) is 9.37 Å². The van der Waals surface area contributed by atoms with Crippen LogP contribution >= 0.6 is 11.3 Å². The summed E-state index contributed by atoms with van der Waals surface area (Å²) >= 11 is 1.24. The number of hydrogen-bond donors (Lipinski definition) is 1. The van der Waals surface area contributed by atoms with Crippen molar-refractivity contribution in [2.75, 3.05) is 12.0 Å². The number of methoxy groups -OCH3 is 1. The standard InChI is InChI=1S/C27H21FN2O4S/c1-14-11-15(2)22-20(12-14)35-27(29-22)30-23(18-9-4-5-10-19(18)28)21(25(32)26(30)33)24(31)16-7-6-8-17(13-16)34-3/h4-13,23,31H,1-3H3/b24-21+/t23-/m1/s1. The van der Waals surface area contributed by atoms with Crippen molar-refractivity contribution >= 4 is 44.1 Å². The van der Waals surface area contributed by atoms with Gasteiger partial charge in [0.1, 0.15) is 23.4 Å². The zero-order valence-corrected chi connectivity index (χ0v) is 20.0. The van der Waals surface area contributed by atoms with Crippen molar-refractivity contribution in [3.8, 4) is 5.75 Å². The second-order valence-corrected chi connectivity index (χ2v) is 9.36. The number of fused-ring (bicyclic) bond motifs is 1. The molecule has 1 N–H and O–H groups in total. The van der Waals surface area contributed by atoms with Crippen LogP contribution in [0, 0.1) is 19.7 Å². The Hall–Kier alpha value is -4.04. The van der Waals surface area contributed by atoms with E-state index in [1.54, 1.807) is 30.3 Å². The van der Waals surface area contributed by atoms with E-state index in [0.29, 0.717) is 11.3 Å². The quantitative estimate of drug-likeness (QED) is 0.227. The second-order valence-electron chi connectivity index (χ2n) is 8.35. The molecule has 1 atom stereocenters. The summed E-state index contributed by atoms with van der Waals surface area (Å²) in [7, 11) is 1.48. The van der Waals surface area contributed by atoms with Gasteiger partial charge in [0.15, 0.2) is 5.13 Å². The van der Waals surface area contributed by atoms with Gasteiger partial charge in [0.25, 0.3) is 5.78 Å². The van der Waals surface area contributed by atoms with Gasteiger partial charge in [0, 0.05) is 11.1 Å². The molecule has 1 saturated heterocycles. The first-order valence-corrected chi connectivity index (χ1v) is 11.7. The first-order valence-electron chi connectivity index (χ1n) is 10.9. The van der Waals surface area contributed by atoms with E-state index in [-0.39, 0.29) is 21.8 Å². The lowest BCUT2D eigenvalue weighted by atomic mass is 9.95. The molecule has 0 radical (unpaired) electrons. The SMILES string of the molecule is COc1cccc(/C(O)=C2\C(=O)C(=O)N(c3nc4c(C)cc(C)cc4s3)[C@@H]2c2ccccc2F)c1. The maximum absolute atomic E-state index is 15.1. The highest BCUT2D eigenvalue weighted by Crippen LogP contribution is 2.45. The lowest BCUT2D eigenvalue weighted by Gasteiger charge is -2.23. The number of carbonyl (C=O) groups is 2. The maximum atomic E-state index is 15.1. The molecule has 6 nitrogen and oxygen atoms in total. The number of nitrogens with zero attached hydrogens (tertiary/aromatic N) is 2. The van der Waals surface area contributed by atoms with E-state index in [1.165, 1.54) is 41.5 Å². The van der Waals surface area contributed by atoms with Crippen LogP contribution in [0.2, 0.25) is 0 Å². The molecule has 1 aliphatic heterocycles. The van der Waals surface area contributed by atoms with Crippen molar-refractivity contribution < 1.29 is 23.8 Å². The number of hydrogen-bond acceptors (Lipinski definition) is 6. The summed E-state index contributed by atoms with van der Waals surface area (Å²) in [5.74, 6) is -2.34. The number of benzene rings is 3. The number of aliphatic hydroxyl groups excluding tert-OH is 1. The van der Waals surface area contributed by atoms with Crippen LogP contribution in [0.3, 0.4) is 0 Å². The number of aromatic nitrogens is 1. The fourth-order valence-corrected chi connectivity index (χ4v) is 5.58. The Kier molecular flexibility index (Phi) is 5.61. The van der Waals surface area contributed by atoms with Crippen molar-refractivity contribution in [2.45, 2.75) is 19.9 Å². The third kappa shape index (κ3) is 3.76. The lowest BCUT2D eigenvalue weighted by molar-refractivity contribution is -0.132. The van der Waals surface area contributed by atoms with Crippen LogP contribution in [-0.2, 0) is 9.59 Å². The van der Waals surface area contributed by atoms with E-state index in [2.05, 4.69) is 4.98 Å². The molecule has 8 heteroatoms. The smallest absolute Gasteiger partial charge is 0.301 e. The van der Waals surface area contributed by atoms with Crippen LogP contribution in [-0.4, -0.2) is 28.9 Å². The van der Waals surface area contributed by atoms with Gasteiger partial charge in [0.2, 0.25) is 0 Å². The van der Waals surface area contributed by atoms with E-state index in [1.807, 2.05) is 26.0 Å². The molecule has 0 spiro atoms. The molecule has 0 aliphatic carbocycles. The molecule has 1 amide bonds. The summed E-state index contributed by atoms with van der Waals surface area (Å²) in [6.07, 6.45) is 0. The molecule has 2 heterocycles. The minimum Gasteiger partial charge on any atom is -0.507 e. The number of ketones is 1. The third-order valence-corrected chi connectivity index (χ3v) is 7.01. The van der Waals surface area contributed by atoms with Gasteiger partial charge in [-0.1, -0.05) is 47.7 Å². The predicted molar refractivity (Wildman–Crippen MR) is 133 cm³/mol. The van der Waals surface area contributed by atoms with E-state index in [4.69, 9.17) is 4.74 Å². The van der Waals surface area contributed by atoms with Crippen molar-refractivity contribution in [2.24, 2.45) is 0 Å². The highest BCUT2D eigenvalue weighted by molar-refractivity contribution is 7.22. The summed E-state index contributed by atoms with van der Waals surface area (Å²) in [4.78, 5) is 32.5. The van der Waals surface area contributed by atoms with Gasteiger partial charge in [0.05, 0.1) is 22.9 Å². The number of carbonyl (C=O) groups excluding carboxylic acids is 2. The molecule has 0 saturated carbocycles. The number of halogens is 1. The van der Waals surface area contributed by atoms with Crippen LogP contribution in [0.1, 0.15) is 28.3 Å². The summed E-state index contributed by atoms with van der Waals surface area (Å²) < 4.78 is 21.1. The Morgan fingerprint density at radius 2 is 1.86 bits per heavy atom. The van der Waals surface area contributed by atoms with Crippen molar-refractivity contribution in [3.63, 3.8) is 0 Å². The number of ether oxygens (including phenoxy) is 1. The van der Waals surface area contributed by atoms with E-state index >= 15 is 4.39 Å². The average molecular weight is 489 g/mol. The molecular formula is C27H21FN2O4S. The second kappa shape index (κ2) is 8.63. The molecule has 1 fully saturated rings. The number of Topliss-reactive ketones (excluding diaryl/α,β-unsaturated/α-hetero) is 1. The predicted octanol–water partition coefficient (Wildman–Crippen LogP) is 5.69. The Morgan fingerprint density at radius 1 is 1.09 bits per heavy atom. The Labute approximate surface area is 204 Å². The largest absolute Gasteiger partial charge is 0.507 e. The van der Waals surface area contributed by atoms with Gasteiger partial charge < -0.3 is 9.84 Å². The Bertz CT molecular complexity index is 1540. The number of aliphatic hydroxyl groups is 1. The average Bonchev–Trinajstić information content (AvgIpc) is 3.37. The van der Waals surface area contributed by atoms with E-state index < -0.39 is 29.3 Å². The van der Waals surface area contributed by atoms with Gasteiger partial charge >= 0.3 is 5.91 Å². The Balaban J connectivity index is 1.76. The number of rotatable bonds is 4. The number of thiazole rings is 1. The minimum absolute atomic E-state index is 0.0864. The maximum Gasteiger partial charge on any atom is 0.301 e. The van der Waals surface area contributed by atoms with Gasteiger partial charge in [-0.2, -0.15) is 0 Å². The number of amides is 1. The highest BCUT2D eigenvalue weighted by atomic mass is 32.1. The first kappa shape index (κ1) is 22.7. The van der Waals surface area contributed by atoms with Crippen molar-refractivity contribution in [1.82, 2.24) is 4.98 Å². The molecule has 4 aromatic rings. The van der Waals surface area contributed by atoms with Crippen LogP contribution in [0.5, 0.6) is 5.75 Å². The zero-order chi connectivity index (χ0) is 24.9. The summed E-state index contributed by atoms with van der Waals surface area (Å²) in [5.41, 5.74) is 2.83. The lowest BCUT2D eigenvalue weighted by Crippen LogP contribution is -2.29. The summed E-state index contributed by atoms with van der Waals surface area (Å²) in [6, 6.07) is 15.1. The Morgan fingerprint density at radius 3 is 2.60 bits per heavy atom.